The van der Waals surface area contributed by atoms with E-state index in [1.165, 1.54) is 36.6 Å². The van der Waals surface area contributed by atoms with E-state index in [2.05, 4.69) is 35.8 Å². The standard InChI is InChI=1S/C21H32N4O2/c1-6-8-9-10-11-12-16(7-2)25-19-18(20(26)24(5)15-22-19)17(23-25)13-14-21(3,4)27/h15-16,27H,6-12H2,1-5H3. The van der Waals surface area contributed by atoms with Crippen LogP contribution in [0.25, 0.3) is 11.0 Å². The fraction of sp³-hybridized carbons (Fsp3) is 0.667. The van der Waals surface area contributed by atoms with Crippen LogP contribution in [0.3, 0.4) is 0 Å². The number of aliphatic hydroxyl groups is 1. The Kier molecular flexibility index (Phi) is 7.20. The molecule has 148 valence electrons. The Bertz CT molecular complexity index is 878. The Hall–Kier alpha value is -2.13. The van der Waals surface area contributed by atoms with E-state index in [-0.39, 0.29) is 11.6 Å². The molecule has 1 unspecified atom stereocenters. The number of unbranched alkanes of at least 4 members (excludes halogenated alkanes) is 4. The van der Waals surface area contributed by atoms with Crippen LogP contribution >= 0.6 is 0 Å². The molecule has 0 saturated carbocycles. The second kappa shape index (κ2) is 9.18. The third-order valence-electron chi connectivity index (χ3n) is 4.72. The monoisotopic (exact) mass is 372 g/mol. The summed E-state index contributed by atoms with van der Waals surface area (Å²) in [5.41, 5.74) is -0.333. The van der Waals surface area contributed by atoms with Gasteiger partial charge in [-0.25, -0.2) is 9.67 Å². The first-order valence-electron chi connectivity index (χ1n) is 9.97. The maximum absolute atomic E-state index is 12.7. The van der Waals surface area contributed by atoms with E-state index in [9.17, 15) is 9.90 Å². The molecule has 0 aromatic carbocycles. The van der Waals surface area contributed by atoms with Gasteiger partial charge in [0, 0.05) is 7.05 Å². The largest absolute Gasteiger partial charge is 0.378 e. The van der Waals surface area contributed by atoms with E-state index in [1.54, 1.807) is 20.9 Å². The highest BCUT2D eigenvalue weighted by atomic mass is 16.3. The quantitative estimate of drug-likeness (QED) is 0.568. The number of rotatable bonds is 8. The van der Waals surface area contributed by atoms with Crippen LogP contribution in [0.2, 0.25) is 0 Å². The molecule has 0 spiro atoms. The van der Waals surface area contributed by atoms with Crippen LogP contribution < -0.4 is 5.56 Å². The van der Waals surface area contributed by atoms with E-state index >= 15 is 0 Å². The van der Waals surface area contributed by atoms with E-state index in [4.69, 9.17) is 0 Å². The molecule has 1 N–H and O–H groups in total. The average Bonchev–Trinajstić information content (AvgIpc) is 2.98. The smallest absolute Gasteiger partial charge is 0.265 e. The molecular formula is C21H32N4O2. The minimum atomic E-state index is -1.15. The van der Waals surface area contributed by atoms with Crippen LogP contribution in [0.4, 0.5) is 0 Å². The molecule has 6 nitrogen and oxygen atoms in total. The highest BCUT2D eigenvalue weighted by Crippen LogP contribution is 2.24. The molecule has 0 fully saturated rings. The van der Waals surface area contributed by atoms with Crippen LogP contribution in [-0.2, 0) is 7.05 Å². The van der Waals surface area contributed by atoms with Gasteiger partial charge in [0.25, 0.3) is 5.56 Å². The van der Waals surface area contributed by atoms with Crippen LogP contribution in [0, 0.1) is 11.8 Å². The zero-order chi connectivity index (χ0) is 20.0. The van der Waals surface area contributed by atoms with Crippen LogP contribution in [0.15, 0.2) is 11.1 Å². The molecule has 6 heteroatoms. The number of fused-ring (bicyclic) bond motifs is 1. The van der Waals surface area contributed by atoms with Crippen LogP contribution in [0.1, 0.15) is 84.4 Å². The average molecular weight is 373 g/mol. The predicted molar refractivity (Wildman–Crippen MR) is 109 cm³/mol. The highest BCUT2D eigenvalue weighted by Gasteiger charge is 2.20. The van der Waals surface area contributed by atoms with E-state index in [0.29, 0.717) is 16.7 Å². The normalized spacial score (nSPS) is 12.8. The Labute approximate surface area is 161 Å². The van der Waals surface area contributed by atoms with E-state index < -0.39 is 5.60 Å². The molecule has 0 aliphatic heterocycles. The molecular weight excluding hydrogens is 340 g/mol. The molecule has 0 aliphatic rings. The summed E-state index contributed by atoms with van der Waals surface area (Å²) in [7, 11) is 1.67. The molecule has 0 radical (unpaired) electrons. The van der Waals surface area contributed by atoms with Gasteiger partial charge in [-0.2, -0.15) is 5.10 Å². The lowest BCUT2D eigenvalue weighted by Gasteiger charge is -2.16. The lowest BCUT2D eigenvalue weighted by Crippen LogP contribution is -2.18. The fourth-order valence-electron chi connectivity index (χ4n) is 3.15. The maximum atomic E-state index is 12.7. The van der Waals surface area contributed by atoms with Crippen molar-refractivity contribution in [2.45, 2.75) is 84.3 Å². The Morgan fingerprint density at radius 3 is 2.56 bits per heavy atom. The van der Waals surface area contributed by atoms with Gasteiger partial charge in [0.15, 0.2) is 11.3 Å². The molecule has 2 heterocycles. The van der Waals surface area contributed by atoms with E-state index in [0.717, 1.165) is 19.3 Å². The topological polar surface area (TPSA) is 72.9 Å². The van der Waals surface area contributed by atoms with Crippen molar-refractivity contribution in [1.29, 1.82) is 0 Å². The number of hydrogen-bond acceptors (Lipinski definition) is 4. The minimum absolute atomic E-state index is 0.163. The van der Waals surface area contributed by atoms with Crippen molar-refractivity contribution in [3.05, 3.63) is 22.4 Å². The SMILES string of the molecule is CCCCCCCC(CC)n1nc(C#CC(C)(C)O)c2c(=O)n(C)cnc21. The minimum Gasteiger partial charge on any atom is -0.378 e. The number of aryl methyl sites for hydroxylation is 1. The second-order valence-electron chi connectivity index (χ2n) is 7.73. The van der Waals surface area contributed by atoms with Gasteiger partial charge in [-0.3, -0.25) is 4.79 Å². The van der Waals surface area contributed by atoms with Gasteiger partial charge in [-0.05, 0) is 32.6 Å². The molecule has 0 amide bonds. The van der Waals surface area contributed by atoms with Crippen molar-refractivity contribution < 1.29 is 5.11 Å². The predicted octanol–water partition coefficient (Wildman–Crippen LogP) is 3.56. The molecule has 2 aromatic rings. The van der Waals surface area contributed by atoms with Gasteiger partial charge < -0.3 is 9.67 Å². The molecule has 0 saturated heterocycles. The molecule has 2 rings (SSSR count). The van der Waals surface area contributed by atoms with Crippen molar-refractivity contribution >= 4 is 11.0 Å². The lowest BCUT2D eigenvalue weighted by atomic mass is 10.0. The zero-order valence-electron chi connectivity index (χ0n) is 17.2. The summed E-state index contributed by atoms with van der Waals surface area (Å²) in [4.78, 5) is 17.1. The van der Waals surface area contributed by atoms with E-state index in [1.807, 2.05) is 4.68 Å². The fourth-order valence-corrected chi connectivity index (χ4v) is 3.15. The Morgan fingerprint density at radius 1 is 1.22 bits per heavy atom. The third kappa shape index (κ3) is 5.43. The summed E-state index contributed by atoms with van der Waals surface area (Å²) in [6.45, 7) is 7.57. The highest BCUT2D eigenvalue weighted by molar-refractivity contribution is 5.80. The zero-order valence-corrected chi connectivity index (χ0v) is 17.2. The summed E-state index contributed by atoms with van der Waals surface area (Å²) in [5.74, 6) is 5.66. The van der Waals surface area contributed by atoms with Gasteiger partial charge >= 0.3 is 0 Å². The third-order valence-corrected chi connectivity index (χ3v) is 4.72. The van der Waals surface area contributed by atoms with Crippen molar-refractivity contribution in [2.24, 2.45) is 7.05 Å². The Morgan fingerprint density at radius 2 is 1.93 bits per heavy atom. The number of nitrogens with zero attached hydrogens (tertiary/aromatic N) is 4. The molecule has 2 aromatic heterocycles. The van der Waals surface area contributed by atoms with Crippen molar-refractivity contribution in [1.82, 2.24) is 19.3 Å². The first-order chi connectivity index (χ1) is 12.8. The number of aromatic nitrogens is 4. The van der Waals surface area contributed by atoms with Crippen molar-refractivity contribution in [3.8, 4) is 11.8 Å². The van der Waals surface area contributed by atoms with Gasteiger partial charge in [0.05, 0.1) is 12.4 Å². The molecule has 1 atom stereocenters. The molecule has 0 aliphatic carbocycles. The van der Waals surface area contributed by atoms with Gasteiger partial charge in [-0.1, -0.05) is 51.9 Å². The summed E-state index contributed by atoms with van der Waals surface area (Å²) in [5, 5.41) is 15.0. The second-order valence-corrected chi connectivity index (χ2v) is 7.73. The maximum Gasteiger partial charge on any atom is 0.265 e. The first kappa shape index (κ1) is 21.2. The number of hydrogen-bond donors (Lipinski definition) is 1. The van der Waals surface area contributed by atoms with Gasteiger partial charge in [0.2, 0.25) is 0 Å². The summed E-state index contributed by atoms with van der Waals surface area (Å²) in [6.07, 6.45) is 9.57. The van der Waals surface area contributed by atoms with Crippen molar-refractivity contribution in [3.63, 3.8) is 0 Å². The summed E-state index contributed by atoms with van der Waals surface area (Å²) >= 11 is 0. The summed E-state index contributed by atoms with van der Waals surface area (Å²) in [6, 6.07) is 0.186. The van der Waals surface area contributed by atoms with Crippen LogP contribution in [-0.4, -0.2) is 30.0 Å². The summed E-state index contributed by atoms with van der Waals surface area (Å²) < 4.78 is 3.31. The van der Waals surface area contributed by atoms with Gasteiger partial charge in [0.1, 0.15) is 11.0 Å². The van der Waals surface area contributed by atoms with Gasteiger partial charge in [-0.15, -0.1) is 0 Å². The Balaban J connectivity index is 2.42. The molecule has 0 bridgehead atoms. The lowest BCUT2D eigenvalue weighted by molar-refractivity contribution is 0.143. The van der Waals surface area contributed by atoms with Crippen molar-refractivity contribution in [2.75, 3.05) is 0 Å². The first-order valence-corrected chi connectivity index (χ1v) is 9.97. The van der Waals surface area contributed by atoms with Crippen LogP contribution in [0.5, 0.6) is 0 Å². The molecule has 27 heavy (non-hydrogen) atoms.